The molecule has 4 fully saturated rings. The number of carbonyl (C=O) groups excluding carboxylic acids is 2. The lowest BCUT2D eigenvalue weighted by molar-refractivity contribution is -0.157. The van der Waals surface area contributed by atoms with Crippen molar-refractivity contribution in [3.05, 3.63) is 59.3 Å². The van der Waals surface area contributed by atoms with E-state index in [1.165, 1.54) is 20.2 Å². The molecular formula is C35H42F3N7O3. The molecule has 3 aromatic rings. The lowest BCUT2D eigenvalue weighted by Crippen LogP contribution is -2.60. The highest BCUT2D eigenvalue weighted by Gasteiger charge is 2.58. The Balaban J connectivity index is 1.23. The minimum atomic E-state index is -4.75. The van der Waals surface area contributed by atoms with E-state index in [0.29, 0.717) is 47.5 Å². The largest absolute Gasteiger partial charge is 0.494 e. The first-order valence-corrected chi connectivity index (χ1v) is 16.4. The van der Waals surface area contributed by atoms with Crippen molar-refractivity contribution in [2.24, 2.45) is 23.2 Å². The number of aryl methyl sites for hydroxylation is 1. The van der Waals surface area contributed by atoms with Crippen LogP contribution in [0.5, 0.6) is 5.75 Å². The van der Waals surface area contributed by atoms with Crippen LogP contribution >= 0.6 is 0 Å². The van der Waals surface area contributed by atoms with Gasteiger partial charge in [-0.25, -0.2) is 4.98 Å². The molecule has 2 aromatic carbocycles. The van der Waals surface area contributed by atoms with E-state index in [1.54, 1.807) is 25.1 Å². The molecule has 4 aliphatic rings. The maximum Gasteiger partial charge on any atom is 0.421 e. The number of hydrogen-bond acceptors (Lipinski definition) is 8. The molecule has 13 heteroatoms. The molecule has 0 saturated heterocycles. The Labute approximate surface area is 278 Å². The van der Waals surface area contributed by atoms with E-state index in [4.69, 9.17) is 4.74 Å². The predicted octanol–water partition coefficient (Wildman–Crippen LogP) is 6.74. The molecule has 1 heterocycles. The van der Waals surface area contributed by atoms with Gasteiger partial charge in [0.1, 0.15) is 17.1 Å². The first kappa shape index (κ1) is 33.4. The maximum absolute atomic E-state index is 14.0. The summed E-state index contributed by atoms with van der Waals surface area (Å²) in [5, 5.41) is 12.0. The van der Waals surface area contributed by atoms with Gasteiger partial charge in [0, 0.05) is 44.6 Å². The van der Waals surface area contributed by atoms with Gasteiger partial charge in [0.05, 0.1) is 29.5 Å². The summed E-state index contributed by atoms with van der Waals surface area (Å²) in [5.74, 6) is 1.09. The Bertz CT molecular complexity index is 1700. The van der Waals surface area contributed by atoms with Gasteiger partial charge >= 0.3 is 6.18 Å². The Kier molecular flexibility index (Phi) is 8.90. The molecule has 1 aromatic heterocycles. The van der Waals surface area contributed by atoms with Gasteiger partial charge < -0.3 is 30.9 Å². The second-order valence-electron chi connectivity index (χ2n) is 13.4. The van der Waals surface area contributed by atoms with Crippen molar-refractivity contribution in [3.63, 3.8) is 0 Å². The SMILES string of the molecule is CCN(C)C(=O)C12CC3CC(C1)C(Nc1ccc(Nc4ncc(C(F)(F)F)c(Nc5c(C)cccc5C(=O)NC)n4)c(OC)c1)C(C3)C2. The van der Waals surface area contributed by atoms with Crippen molar-refractivity contribution in [1.82, 2.24) is 20.2 Å². The maximum atomic E-state index is 14.0. The van der Waals surface area contributed by atoms with E-state index in [0.717, 1.165) is 37.8 Å². The Morgan fingerprint density at radius 2 is 1.81 bits per heavy atom. The number of para-hydroxylation sites is 1. The number of alkyl halides is 3. The van der Waals surface area contributed by atoms with E-state index < -0.39 is 23.5 Å². The molecule has 2 atom stereocenters. The normalized spacial score (nSPS) is 24.2. The Morgan fingerprint density at radius 1 is 1.08 bits per heavy atom. The first-order chi connectivity index (χ1) is 22.8. The highest BCUT2D eigenvalue weighted by molar-refractivity contribution is 6.01. The topological polar surface area (TPSA) is 121 Å². The summed E-state index contributed by atoms with van der Waals surface area (Å²) in [7, 11) is 4.87. The van der Waals surface area contributed by atoms with Crippen LogP contribution in [0.1, 0.15) is 60.5 Å². The fourth-order valence-corrected chi connectivity index (χ4v) is 8.29. The van der Waals surface area contributed by atoms with Crippen molar-refractivity contribution in [3.8, 4) is 5.75 Å². The zero-order chi connectivity index (χ0) is 34.4. The summed E-state index contributed by atoms with van der Waals surface area (Å²) in [6, 6.07) is 10.6. The van der Waals surface area contributed by atoms with E-state index in [1.807, 2.05) is 31.0 Å². The third-order valence-electron chi connectivity index (χ3n) is 10.4. The van der Waals surface area contributed by atoms with Crippen molar-refractivity contribution >= 4 is 40.6 Å². The van der Waals surface area contributed by atoms with Crippen LogP contribution in [0.25, 0.3) is 0 Å². The van der Waals surface area contributed by atoms with E-state index in [9.17, 15) is 22.8 Å². The fourth-order valence-electron chi connectivity index (χ4n) is 8.29. The number of nitrogens with zero attached hydrogens (tertiary/aromatic N) is 3. The van der Waals surface area contributed by atoms with Gasteiger partial charge in [-0.2, -0.15) is 18.2 Å². The number of benzene rings is 2. The van der Waals surface area contributed by atoms with Crippen LogP contribution in [0.2, 0.25) is 0 Å². The molecule has 256 valence electrons. The van der Waals surface area contributed by atoms with Crippen molar-refractivity contribution in [2.45, 2.75) is 58.2 Å². The average Bonchev–Trinajstić information content (AvgIpc) is 3.06. The summed E-state index contributed by atoms with van der Waals surface area (Å²) in [4.78, 5) is 35.9. The van der Waals surface area contributed by atoms with Gasteiger partial charge in [-0.3, -0.25) is 9.59 Å². The number of anilines is 5. The van der Waals surface area contributed by atoms with Crippen molar-refractivity contribution < 1.29 is 27.5 Å². The molecule has 2 amide bonds. The summed E-state index contributed by atoms with van der Waals surface area (Å²) in [5.41, 5.74) is 0.951. The highest BCUT2D eigenvalue weighted by atomic mass is 19.4. The number of methoxy groups -OCH3 is 1. The minimum Gasteiger partial charge on any atom is -0.494 e. The number of halogens is 3. The van der Waals surface area contributed by atoms with Crippen LogP contribution in [-0.4, -0.2) is 60.5 Å². The molecule has 48 heavy (non-hydrogen) atoms. The lowest BCUT2D eigenvalue weighted by atomic mass is 9.47. The molecule has 7 rings (SSSR count). The number of hydrogen-bond donors (Lipinski definition) is 4. The van der Waals surface area contributed by atoms with Crippen LogP contribution in [0.4, 0.5) is 42.0 Å². The van der Waals surface area contributed by atoms with E-state index in [2.05, 4.69) is 31.2 Å². The lowest BCUT2D eigenvalue weighted by Gasteiger charge is -2.60. The Morgan fingerprint density at radius 3 is 2.46 bits per heavy atom. The summed E-state index contributed by atoms with van der Waals surface area (Å²) >= 11 is 0. The zero-order valence-electron chi connectivity index (χ0n) is 27.8. The average molecular weight is 666 g/mol. The summed E-state index contributed by atoms with van der Waals surface area (Å²) in [6.07, 6.45) is 0.972. The van der Waals surface area contributed by atoms with Gasteiger partial charge in [-0.1, -0.05) is 12.1 Å². The monoisotopic (exact) mass is 665 g/mol. The molecule has 4 saturated carbocycles. The van der Waals surface area contributed by atoms with Gasteiger partial charge in [0.15, 0.2) is 0 Å². The second-order valence-corrected chi connectivity index (χ2v) is 13.4. The second kappa shape index (κ2) is 12.8. The van der Waals surface area contributed by atoms with Crippen LogP contribution in [0.3, 0.4) is 0 Å². The number of carbonyl (C=O) groups is 2. The first-order valence-electron chi connectivity index (χ1n) is 16.4. The fraction of sp³-hybridized carbons (Fsp3) is 0.486. The zero-order valence-corrected chi connectivity index (χ0v) is 27.8. The van der Waals surface area contributed by atoms with Gasteiger partial charge in [-0.05, 0) is 87.5 Å². The van der Waals surface area contributed by atoms with Gasteiger partial charge in [-0.15, -0.1) is 0 Å². The molecular weight excluding hydrogens is 623 g/mol. The number of nitrogens with one attached hydrogen (secondary N) is 4. The summed E-state index contributed by atoms with van der Waals surface area (Å²) < 4.78 is 47.8. The van der Waals surface area contributed by atoms with Crippen LogP contribution in [-0.2, 0) is 11.0 Å². The molecule has 0 spiro atoms. The molecule has 2 unspecified atom stereocenters. The summed E-state index contributed by atoms with van der Waals surface area (Å²) in [6.45, 7) is 4.42. The van der Waals surface area contributed by atoms with Gasteiger partial charge in [0.2, 0.25) is 11.9 Å². The molecule has 4 bridgehead atoms. The molecule has 4 aliphatic carbocycles. The number of aromatic nitrogens is 2. The van der Waals surface area contributed by atoms with Gasteiger partial charge in [0.25, 0.3) is 5.91 Å². The predicted molar refractivity (Wildman–Crippen MR) is 178 cm³/mol. The number of amides is 2. The number of rotatable bonds is 10. The Hall–Kier alpha value is -4.55. The molecule has 0 radical (unpaired) electrons. The van der Waals surface area contributed by atoms with Crippen molar-refractivity contribution in [2.75, 3.05) is 43.7 Å². The quantitative estimate of drug-likeness (QED) is 0.188. The third-order valence-corrected chi connectivity index (χ3v) is 10.4. The minimum absolute atomic E-state index is 0.0902. The molecule has 10 nitrogen and oxygen atoms in total. The van der Waals surface area contributed by atoms with Crippen molar-refractivity contribution in [1.29, 1.82) is 0 Å². The van der Waals surface area contributed by atoms with E-state index in [-0.39, 0.29) is 34.6 Å². The van der Waals surface area contributed by atoms with Crippen LogP contribution in [0.15, 0.2) is 42.6 Å². The van der Waals surface area contributed by atoms with Crippen LogP contribution < -0.4 is 26.0 Å². The molecule has 4 N–H and O–H groups in total. The standard InChI is InChI=1S/C35H42F3N7O3/c1-6-45(4)32(47)34-15-20-12-21(16-34)29(22(13-20)17-34)41-23-10-11-26(27(14-23)48-5)42-33-40-18-25(35(36,37)38)30(44-33)43-28-19(2)8-7-9-24(28)31(46)39-3/h7-11,14,18,20-22,29,41H,6,12-13,15-17H2,1-5H3,(H,39,46)(H2,40,42,43,44). The molecule has 0 aliphatic heterocycles. The smallest absolute Gasteiger partial charge is 0.421 e. The van der Waals surface area contributed by atoms with E-state index >= 15 is 0 Å². The highest BCUT2D eigenvalue weighted by Crippen LogP contribution is 2.61. The number of ether oxygens (including phenoxy) is 1. The van der Waals surface area contributed by atoms with Crippen LogP contribution in [0, 0.1) is 30.1 Å². The third kappa shape index (κ3) is 6.22.